The van der Waals surface area contributed by atoms with Crippen LogP contribution < -0.4 is 11.1 Å². The van der Waals surface area contributed by atoms with E-state index >= 15 is 0 Å². The summed E-state index contributed by atoms with van der Waals surface area (Å²) in [4.78, 5) is 22.9. The van der Waals surface area contributed by atoms with Gasteiger partial charge in [-0.3, -0.25) is 4.68 Å². The molecule has 12 heteroatoms. The lowest BCUT2D eigenvalue weighted by atomic mass is 9.82. The minimum absolute atomic E-state index is 0.157. The maximum Gasteiger partial charge on any atom is 0.419 e. The van der Waals surface area contributed by atoms with Crippen LogP contribution in [0, 0.1) is 0 Å². The largest absolute Gasteiger partial charge is 0.419 e. The topological polar surface area (TPSA) is 107 Å². The van der Waals surface area contributed by atoms with Crippen LogP contribution in [0.5, 0.6) is 0 Å². The number of amides is 2. The Morgan fingerprint density at radius 2 is 2.03 bits per heavy atom. The molecule has 2 amide bonds. The zero-order valence-corrected chi connectivity index (χ0v) is 19.5. The first-order chi connectivity index (χ1) is 16.6. The van der Waals surface area contributed by atoms with E-state index < -0.39 is 17.6 Å². The fourth-order valence-electron chi connectivity index (χ4n) is 5.21. The number of aromatic nitrogens is 5. The van der Waals surface area contributed by atoms with Crippen LogP contribution in [0.3, 0.4) is 0 Å². The number of aryl methyl sites for hydroxylation is 2. The minimum atomic E-state index is -4.60. The zero-order valence-electron chi connectivity index (χ0n) is 19.5. The number of pyridine rings is 1. The van der Waals surface area contributed by atoms with Crippen molar-refractivity contribution in [1.29, 1.82) is 0 Å². The number of carbonyl (C=O) groups excluding carboxylic acids is 1. The molecule has 0 bridgehead atoms. The van der Waals surface area contributed by atoms with E-state index in [1.54, 1.807) is 11.1 Å². The summed E-state index contributed by atoms with van der Waals surface area (Å²) in [5.74, 6) is 0.242. The highest BCUT2D eigenvalue weighted by atomic mass is 19.4. The summed E-state index contributed by atoms with van der Waals surface area (Å²) in [5.41, 5.74) is 5.80. The molecule has 1 spiro atoms. The van der Waals surface area contributed by atoms with E-state index in [2.05, 4.69) is 20.4 Å². The van der Waals surface area contributed by atoms with E-state index in [1.807, 2.05) is 35.4 Å². The third kappa shape index (κ3) is 4.00. The first kappa shape index (κ1) is 23.2. The van der Waals surface area contributed by atoms with Gasteiger partial charge in [-0.05, 0) is 38.8 Å². The normalized spacial score (nSPS) is 20.4. The van der Waals surface area contributed by atoms with E-state index in [9.17, 15) is 18.0 Å². The number of alkyl halides is 3. The van der Waals surface area contributed by atoms with Gasteiger partial charge in [-0.15, -0.1) is 0 Å². The van der Waals surface area contributed by atoms with Gasteiger partial charge in [0.05, 0.1) is 17.3 Å². The van der Waals surface area contributed by atoms with Crippen molar-refractivity contribution in [2.24, 2.45) is 0 Å². The van der Waals surface area contributed by atoms with Crippen LogP contribution in [-0.2, 0) is 24.7 Å². The highest BCUT2D eigenvalue weighted by Gasteiger charge is 2.47. The predicted octanol–water partition coefficient (Wildman–Crippen LogP) is 3.58. The molecule has 3 aromatic heterocycles. The van der Waals surface area contributed by atoms with Gasteiger partial charge >= 0.3 is 12.2 Å². The summed E-state index contributed by atoms with van der Waals surface area (Å²) in [6.45, 7) is 6.44. The number of anilines is 1. The summed E-state index contributed by atoms with van der Waals surface area (Å²) >= 11 is 0. The van der Waals surface area contributed by atoms with Crippen molar-refractivity contribution in [2.45, 2.75) is 57.4 Å². The number of hydrogen-bond donors (Lipinski definition) is 2. The second-order valence-electron chi connectivity index (χ2n) is 9.24. The molecular weight excluding hydrogens is 461 g/mol. The molecular formula is C23H27F3N8O. The van der Waals surface area contributed by atoms with E-state index in [0.29, 0.717) is 25.3 Å². The van der Waals surface area contributed by atoms with Gasteiger partial charge in [-0.1, -0.05) is 0 Å². The zero-order chi connectivity index (χ0) is 25.0. The van der Waals surface area contributed by atoms with Crippen molar-refractivity contribution in [3.8, 4) is 11.3 Å². The Hall–Kier alpha value is -3.57. The number of carbonyl (C=O) groups is 1. The molecule has 0 aliphatic carbocycles. The van der Waals surface area contributed by atoms with Crippen LogP contribution >= 0.6 is 0 Å². The molecule has 0 aromatic carbocycles. The number of urea groups is 1. The molecule has 1 unspecified atom stereocenters. The molecule has 2 atom stereocenters. The first-order valence-electron chi connectivity index (χ1n) is 11.6. The maximum absolute atomic E-state index is 13.3. The van der Waals surface area contributed by atoms with Crippen molar-refractivity contribution >= 4 is 11.8 Å². The monoisotopic (exact) mass is 488 g/mol. The SMILES string of the molecule is CCn1ccnc1[C@H](C)NC(=O)N1CCC2(CCn3nc(-c4cnc(N)c(C(F)(F)F)c4)cc32)C1. The fraction of sp³-hybridized carbons (Fsp3) is 0.478. The first-order valence-corrected chi connectivity index (χ1v) is 11.6. The molecule has 9 nitrogen and oxygen atoms in total. The van der Waals surface area contributed by atoms with Crippen LogP contribution in [-0.4, -0.2) is 48.3 Å². The Morgan fingerprint density at radius 1 is 1.26 bits per heavy atom. The van der Waals surface area contributed by atoms with Crippen LogP contribution in [0.2, 0.25) is 0 Å². The van der Waals surface area contributed by atoms with Gasteiger partial charge in [0.2, 0.25) is 0 Å². The van der Waals surface area contributed by atoms with Crippen molar-refractivity contribution in [1.82, 2.24) is 34.5 Å². The van der Waals surface area contributed by atoms with Crippen LogP contribution in [0.15, 0.2) is 30.7 Å². The number of nitrogen functional groups attached to an aromatic ring is 1. The number of nitrogens with one attached hydrogen (secondary N) is 1. The van der Waals surface area contributed by atoms with E-state index in [-0.39, 0.29) is 23.1 Å². The molecule has 2 aliphatic rings. The summed E-state index contributed by atoms with van der Waals surface area (Å²) in [6.07, 6.45) is 1.90. The minimum Gasteiger partial charge on any atom is -0.383 e. The summed E-state index contributed by atoms with van der Waals surface area (Å²) in [6, 6.07) is 2.41. The highest BCUT2D eigenvalue weighted by Crippen LogP contribution is 2.44. The van der Waals surface area contributed by atoms with Crippen LogP contribution in [0.1, 0.15) is 49.8 Å². The van der Waals surface area contributed by atoms with Crippen LogP contribution in [0.4, 0.5) is 23.8 Å². The maximum atomic E-state index is 13.3. The van der Waals surface area contributed by atoms with Gasteiger partial charge in [0, 0.05) is 61.4 Å². The third-order valence-electron chi connectivity index (χ3n) is 7.10. The van der Waals surface area contributed by atoms with Gasteiger partial charge < -0.3 is 20.5 Å². The standard InChI is InChI=1S/C23H27F3N8O/c1-3-32-9-6-28-20(32)14(2)30-21(35)33-7-4-22(13-33)5-8-34-18(22)11-17(31-34)15-10-16(23(24,25)26)19(27)29-12-15/h6,9-12,14H,3-5,7-8,13H2,1-2H3,(H2,27,29)(H,30,35)/t14-,22?/m0/s1. The molecule has 1 saturated heterocycles. The summed E-state index contributed by atoms with van der Waals surface area (Å²) < 4.78 is 43.7. The lowest BCUT2D eigenvalue weighted by molar-refractivity contribution is -0.137. The van der Waals surface area contributed by atoms with Crippen molar-refractivity contribution in [2.75, 3.05) is 18.8 Å². The number of imidazole rings is 1. The number of nitrogens with two attached hydrogens (primary N) is 1. The van der Waals surface area contributed by atoms with E-state index in [1.165, 1.54) is 6.20 Å². The second kappa shape index (κ2) is 8.28. The number of likely N-dealkylation sites (tertiary alicyclic amines) is 1. The van der Waals surface area contributed by atoms with Gasteiger partial charge in [-0.25, -0.2) is 14.8 Å². The average Bonchev–Trinajstić information content (AvgIpc) is 3.59. The van der Waals surface area contributed by atoms with Gasteiger partial charge in [0.15, 0.2) is 0 Å². The van der Waals surface area contributed by atoms with Crippen molar-refractivity contribution < 1.29 is 18.0 Å². The molecule has 2 aliphatic heterocycles. The number of halogens is 3. The molecule has 3 aromatic rings. The quantitative estimate of drug-likeness (QED) is 0.584. The lowest BCUT2D eigenvalue weighted by Gasteiger charge is -2.25. The number of fused-ring (bicyclic) bond motifs is 2. The van der Waals surface area contributed by atoms with Gasteiger partial charge in [0.1, 0.15) is 11.6 Å². The molecule has 5 heterocycles. The Kier molecular flexibility index (Phi) is 5.48. The number of nitrogens with zero attached hydrogens (tertiary/aromatic N) is 6. The Labute approximate surface area is 200 Å². The molecule has 0 saturated carbocycles. The fourth-order valence-corrected chi connectivity index (χ4v) is 5.21. The Balaban J connectivity index is 1.34. The molecule has 186 valence electrons. The summed E-state index contributed by atoms with van der Waals surface area (Å²) in [5, 5.41) is 7.58. The molecule has 1 fully saturated rings. The molecule has 35 heavy (non-hydrogen) atoms. The average molecular weight is 489 g/mol. The molecule has 3 N–H and O–H groups in total. The number of hydrogen-bond acceptors (Lipinski definition) is 5. The Morgan fingerprint density at radius 3 is 2.77 bits per heavy atom. The smallest absolute Gasteiger partial charge is 0.383 e. The van der Waals surface area contributed by atoms with Crippen LogP contribution in [0.25, 0.3) is 11.3 Å². The van der Waals surface area contributed by atoms with Gasteiger partial charge in [-0.2, -0.15) is 18.3 Å². The second-order valence-corrected chi connectivity index (χ2v) is 9.24. The Bertz CT molecular complexity index is 1270. The molecule has 5 rings (SSSR count). The number of rotatable bonds is 4. The van der Waals surface area contributed by atoms with Gasteiger partial charge in [0.25, 0.3) is 0 Å². The molecule has 0 radical (unpaired) electrons. The third-order valence-corrected chi connectivity index (χ3v) is 7.10. The van der Waals surface area contributed by atoms with E-state index in [4.69, 9.17) is 5.73 Å². The lowest BCUT2D eigenvalue weighted by Crippen LogP contribution is -2.41. The van der Waals surface area contributed by atoms with E-state index in [0.717, 1.165) is 37.0 Å². The highest BCUT2D eigenvalue weighted by molar-refractivity contribution is 5.75. The summed E-state index contributed by atoms with van der Waals surface area (Å²) in [7, 11) is 0. The van der Waals surface area contributed by atoms with Crippen molar-refractivity contribution in [3.63, 3.8) is 0 Å². The van der Waals surface area contributed by atoms with Crippen molar-refractivity contribution in [3.05, 3.63) is 47.8 Å². The predicted molar refractivity (Wildman–Crippen MR) is 122 cm³/mol.